The second-order valence-corrected chi connectivity index (χ2v) is 5.46. The Hall–Kier alpha value is -1.99. The van der Waals surface area contributed by atoms with Crippen LogP contribution in [0.4, 0.5) is 5.69 Å². The van der Waals surface area contributed by atoms with E-state index in [1.54, 1.807) is 12.1 Å². The van der Waals surface area contributed by atoms with Crippen LogP contribution < -0.4 is 25.3 Å². The lowest BCUT2D eigenvalue weighted by Gasteiger charge is -2.34. The lowest BCUT2D eigenvalue weighted by atomic mass is 9.79. The molecule has 0 bridgehead atoms. The van der Waals surface area contributed by atoms with E-state index < -0.39 is 5.41 Å². The summed E-state index contributed by atoms with van der Waals surface area (Å²) in [6, 6.07) is 3.39. The van der Waals surface area contributed by atoms with Gasteiger partial charge in [0.1, 0.15) is 0 Å². The van der Waals surface area contributed by atoms with E-state index in [0.29, 0.717) is 49.0 Å². The Morgan fingerprint density at radius 1 is 1.17 bits per heavy atom. The monoisotopic (exact) mass is 324 g/mol. The van der Waals surface area contributed by atoms with Gasteiger partial charge < -0.3 is 30.0 Å². The fourth-order valence-electron chi connectivity index (χ4n) is 2.70. The van der Waals surface area contributed by atoms with Crippen molar-refractivity contribution in [1.29, 1.82) is 0 Å². The zero-order valence-electron chi connectivity index (χ0n) is 13.8. The predicted molar refractivity (Wildman–Crippen MR) is 86.3 cm³/mol. The molecule has 7 nitrogen and oxygen atoms in total. The van der Waals surface area contributed by atoms with Crippen LogP contribution in [0.15, 0.2) is 12.1 Å². The van der Waals surface area contributed by atoms with E-state index in [1.165, 1.54) is 21.3 Å². The lowest BCUT2D eigenvalue weighted by molar-refractivity contribution is -0.130. The first-order valence-corrected chi connectivity index (χ1v) is 7.49. The first-order valence-electron chi connectivity index (χ1n) is 7.49. The average Bonchev–Trinajstić information content (AvgIpc) is 2.61. The second-order valence-electron chi connectivity index (χ2n) is 5.46. The van der Waals surface area contributed by atoms with Crippen LogP contribution in [0.25, 0.3) is 0 Å². The maximum Gasteiger partial charge on any atom is 0.232 e. The molecule has 1 aliphatic heterocycles. The van der Waals surface area contributed by atoms with Crippen LogP contribution in [-0.4, -0.2) is 47.0 Å². The van der Waals surface area contributed by atoms with Crippen molar-refractivity contribution in [3.05, 3.63) is 12.1 Å². The van der Waals surface area contributed by atoms with Gasteiger partial charge in [-0.05, 0) is 12.8 Å². The molecule has 0 aliphatic carbocycles. The number of carbonyl (C=O) groups is 1. The van der Waals surface area contributed by atoms with E-state index in [0.717, 1.165) is 0 Å². The topological polar surface area (TPSA) is 92.0 Å². The molecular formula is C16H24N2O5. The minimum Gasteiger partial charge on any atom is -0.493 e. The third kappa shape index (κ3) is 3.51. The van der Waals surface area contributed by atoms with E-state index in [9.17, 15) is 4.79 Å². The number of anilines is 1. The van der Waals surface area contributed by atoms with E-state index in [1.807, 2.05) is 0 Å². The van der Waals surface area contributed by atoms with Gasteiger partial charge in [0.15, 0.2) is 11.5 Å². The van der Waals surface area contributed by atoms with Gasteiger partial charge in [0.25, 0.3) is 0 Å². The summed E-state index contributed by atoms with van der Waals surface area (Å²) >= 11 is 0. The molecule has 3 N–H and O–H groups in total. The van der Waals surface area contributed by atoms with Crippen molar-refractivity contribution in [3.8, 4) is 17.2 Å². The largest absolute Gasteiger partial charge is 0.493 e. The van der Waals surface area contributed by atoms with Gasteiger partial charge in [0, 0.05) is 37.6 Å². The highest BCUT2D eigenvalue weighted by Gasteiger charge is 2.39. The summed E-state index contributed by atoms with van der Waals surface area (Å²) in [6.07, 6.45) is 1.22. The standard InChI is InChI=1S/C16H24N2O5/c1-20-12-8-11(9-13(21-2)14(12)22-3)18-15(19)16(10-17)4-6-23-7-5-16/h8-9H,4-7,10,17H2,1-3H3,(H,18,19). The van der Waals surface area contributed by atoms with Crippen LogP contribution in [0.3, 0.4) is 0 Å². The van der Waals surface area contributed by atoms with Gasteiger partial charge in [0.05, 0.1) is 26.7 Å². The predicted octanol–water partition coefficient (Wildman–Crippen LogP) is 1.41. The third-order valence-corrected chi connectivity index (χ3v) is 4.24. The van der Waals surface area contributed by atoms with Gasteiger partial charge in [-0.3, -0.25) is 4.79 Å². The molecule has 1 fully saturated rings. The van der Waals surface area contributed by atoms with Gasteiger partial charge in [-0.15, -0.1) is 0 Å². The Morgan fingerprint density at radius 2 is 1.74 bits per heavy atom. The summed E-state index contributed by atoms with van der Waals surface area (Å²) in [4.78, 5) is 12.7. The first kappa shape index (κ1) is 17.4. The highest BCUT2D eigenvalue weighted by molar-refractivity contribution is 5.96. The first-order chi connectivity index (χ1) is 11.1. The number of hydrogen-bond acceptors (Lipinski definition) is 6. The number of methoxy groups -OCH3 is 3. The van der Waals surface area contributed by atoms with Crippen LogP contribution >= 0.6 is 0 Å². The molecule has 7 heteroatoms. The fraction of sp³-hybridized carbons (Fsp3) is 0.562. The van der Waals surface area contributed by atoms with Crippen LogP contribution in [-0.2, 0) is 9.53 Å². The van der Waals surface area contributed by atoms with Crippen LogP contribution in [0.1, 0.15) is 12.8 Å². The smallest absolute Gasteiger partial charge is 0.232 e. The van der Waals surface area contributed by atoms with E-state index >= 15 is 0 Å². The van der Waals surface area contributed by atoms with Crippen molar-refractivity contribution >= 4 is 11.6 Å². The SMILES string of the molecule is COc1cc(NC(=O)C2(CN)CCOCC2)cc(OC)c1OC. The molecule has 1 aliphatic rings. The van der Waals surface area contributed by atoms with E-state index in [-0.39, 0.29) is 12.5 Å². The summed E-state index contributed by atoms with van der Waals surface area (Å²) in [5.74, 6) is 1.33. The number of hydrogen-bond donors (Lipinski definition) is 2. The molecule has 23 heavy (non-hydrogen) atoms. The van der Waals surface area contributed by atoms with Crippen molar-refractivity contribution in [1.82, 2.24) is 0 Å². The Bertz CT molecular complexity index is 530. The van der Waals surface area contributed by atoms with E-state index in [2.05, 4.69) is 5.32 Å². The molecule has 0 saturated carbocycles. The summed E-state index contributed by atoms with van der Waals surface area (Å²) in [7, 11) is 4.59. The molecule has 0 radical (unpaired) electrons. The maximum absolute atomic E-state index is 12.7. The number of ether oxygens (including phenoxy) is 4. The number of rotatable bonds is 6. The van der Waals surface area contributed by atoms with Crippen molar-refractivity contribution in [3.63, 3.8) is 0 Å². The van der Waals surface area contributed by atoms with Crippen molar-refractivity contribution in [2.75, 3.05) is 46.4 Å². The van der Waals surface area contributed by atoms with Gasteiger partial charge in [-0.25, -0.2) is 0 Å². The molecule has 1 aromatic rings. The average molecular weight is 324 g/mol. The maximum atomic E-state index is 12.7. The van der Waals surface area contributed by atoms with Crippen LogP contribution in [0.2, 0.25) is 0 Å². The molecule has 1 heterocycles. The number of benzene rings is 1. The zero-order chi connectivity index (χ0) is 16.9. The number of nitrogens with one attached hydrogen (secondary N) is 1. The van der Waals surface area contributed by atoms with Gasteiger partial charge in [-0.1, -0.05) is 0 Å². The second kappa shape index (κ2) is 7.52. The molecule has 1 amide bonds. The minimum absolute atomic E-state index is 0.113. The molecular weight excluding hydrogens is 300 g/mol. The lowest BCUT2D eigenvalue weighted by Crippen LogP contribution is -2.46. The summed E-state index contributed by atoms with van der Waals surface area (Å²) in [6.45, 7) is 1.37. The molecule has 128 valence electrons. The van der Waals surface area contributed by atoms with Crippen molar-refractivity contribution < 1.29 is 23.7 Å². The molecule has 1 aromatic carbocycles. The van der Waals surface area contributed by atoms with E-state index in [4.69, 9.17) is 24.7 Å². The third-order valence-electron chi connectivity index (χ3n) is 4.24. The number of nitrogens with two attached hydrogens (primary N) is 1. The summed E-state index contributed by atoms with van der Waals surface area (Å²) in [5.41, 5.74) is 5.84. The molecule has 0 spiro atoms. The highest BCUT2D eigenvalue weighted by atomic mass is 16.5. The quantitative estimate of drug-likeness (QED) is 0.822. The van der Waals surface area contributed by atoms with Crippen molar-refractivity contribution in [2.24, 2.45) is 11.1 Å². The summed E-state index contributed by atoms with van der Waals surface area (Å²) < 4.78 is 21.2. The molecule has 1 saturated heterocycles. The van der Waals surface area contributed by atoms with Gasteiger partial charge in [-0.2, -0.15) is 0 Å². The summed E-state index contributed by atoms with van der Waals surface area (Å²) in [5, 5.41) is 2.91. The van der Waals surface area contributed by atoms with Crippen LogP contribution in [0, 0.1) is 5.41 Å². The zero-order valence-corrected chi connectivity index (χ0v) is 13.8. The normalized spacial score (nSPS) is 16.5. The van der Waals surface area contributed by atoms with Crippen LogP contribution in [0.5, 0.6) is 17.2 Å². The van der Waals surface area contributed by atoms with Gasteiger partial charge >= 0.3 is 0 Å². The Balaban J connectivity index is 2.26. The molecule has 2 rings (SSSR count). The minimum atomic E-state index is -0.599. The number of amides is 1. The number of carbonyl (C=O) groups excluding carboxylic acids is 1. The van der Waals surface area contributed by atoms with Crippen molar-refractivity contribution in [2.45, 2.75) is 12.8 Å². The molecule has 0 unspecified atom stereocenters. The molecule has 0 aromatic heterocycles. The Morgan fingerprint density at radius 3 is 2.17 bits per heavy atom. The molecule has 0 atom stereocenters. The fourth-order valence-corrected chi connectivity index (χ4v) is 2.70. The highest BCUT2D eigenvalue weighted by Crippen LogP contribution is 2.40. The van der Waals surface area contributed by atoms with Gasteiger partial charge in [0.2, 0.25) is 11.7 Å². The Labute approximate surface area is 136 Å². The Kier molecular flexibility index (Phi) is 5.68.